The lowest BCUT2D eigenvalue weighted by molar-refractivity contribution is -0.139. The SMILES string of the molecule is O=C(C1CCCC2CNNC21)N1CCC(c2nc3ccccc3s2)CC1. The minimum atomic E-state index is 0.155. The average molecular weight is 371 g/mol. The lowest BCUT2D eigenvalue weighted by Gasteiger charge is -2.38. The van der Waals surface area contributed by atoms with Crippen LogP contribution < -0.4 is 10.9 Å². The van der Waals surface area contributed by atoms with E-state index in [0.717, 1.165) is 44.4 Å². The van der Waals surface area contributed by atoms with E-state index in [1.54, 1.807) is 0 Å². The molecule has 5 nitrogen and oxygen atoms in total. The molecule has 3 heterocycles. The Balaban J connectivity index is 1.24. The highest BCUT2D eigenvalue weighted by molar-refractivity contribution is 7.18. The fraction of sp³-hybridized carbons (Fsp3) is 0.600. The first-order valence-electron chi connectivity index (χ1n) is 9.92. The molecule has 3 aliphatic rings. The van der Waals surface area contributed by atoms with Crippen molar-refractivity contribution < 1.29 is 4.79 Å². The maximum Gasteiger partial charge on any atom is 0.227 e. The van der Waals surface area contributed by atoms with Crippen molar-refractivity contribution in [3.63, 3.8) is 0 Å². The molecule has 2 saturated heterocycles. The van der Waals surface area contributed by atoms with E-state index in [9.17, 15) is 4.79 Å². The number of amides is 1. The molecule has 1 amide bonds. The highest BCUT2D eigenvalue weighted by Gasteiger charge is 2.42. The third-order valence-corrected chi connectivity index (χ3v) is 7.65. The molecule has 3 unspecified atom stereocenters. The fourth-order valence-electron chi connectivity index (χ4n) is 4.97. The topological polar surface area (TPSA) is 57.3 Å². The molecule has 138 valence electrons. The monoisotopic (exact) mass is 370 g/mol. The molecule has 1 aromatic heterocycles. The van der Waals surface area contributed by atoms with Gasteiger partial charge in [0.1, 0.15) is 0 Å². The predicted molar refractivity (Wildman–Crippen MR) is 104 cm³/mol. The summed E-state index contributed by atoms with van der Waals surface area (Å²) in [6, 6.07) is 8.71. The molecule has 0 spiro atoms. The number of carbonyl (C=O) groups is 1. The van der Waals surface area contributed by atoms with Gasteiger partial charge in [0.15, 0.2) is 0 Å². The summed E-state index contributed by atoms with van der Waals surface area (Å²) in [4.78, 5) is 20.1. The maximum absolute atomic E-state index is 13.1. The minimum absolute atomic E-state index is 0.155. The van der Waals surface area contributed by atoms with Gasteiger partial charge in [0, 0.05) is 31.6 Å². The Morgan fingerprint density at radius 1 is 1.15 bits per heavy atom. The van der Waals surface area contributed by atoms with Crippen LogP contribution in [0.5, 0.6) is 0 Å². The van der Waals surface area contributed by atoms with E-state index in [-0.39, 0.29) is 5.92 Å². The third-order valence-electron chi connectivity index (χ3n) is 6.45. The van der Waals surface area contributed by atoms with Gasteiger partial charge in [0.25, 0.3) is 0 Å². The number of para-hydroxylation sites is 1. The van der Waals surface area contributed by atoms with Crippen LogP contribution in [0.25, 0.3) is 10.2 Å². The molecule has 1 saturated carbocycles. The summed E-state index contributed by atoms with van der Waals surface area (Å²) in [5.41, 5.74) is 7.75. The Kier molecular flexibility index (Phi) is 4.43. The summed E-state index contributed by atoms with van der Waals surface area (Å²) >= 11 is 1.82. The number of hydrazine groups is 1. The summed E-state index contributed by atoms with van der Waals surface area (Å²) in [5, 5.41) is 1.25. The normalized spacial score (nSPS) is 29.8. The number of nitrogens with one attached hydrogen (secondary N) is 2. The van der Waals surface area contributed by atoms with Gasteiger partial charge < -0.3 is 4.90 Å². The summed E-state index contributed by atoms with van der Waals surface area (Å²) in [6.07, 6.45) is 5.54. The van der Waals surface area contributed by atoms with Crippen molar-refractivity contribution >= 4 is 27.5 Å². The Morgan fingerprint density at radius 3 is 2.85 bits per heavy atom. The predicted octanol–water partition coefficient (Wildman–Crippen LogP) is 2.90. The number of fused-ring (bicyclic) bond motifs is 2. The molecule has 6 heteroatoms. The average Bonchev–Trinajstić information content (AvgIpc) is 3.34. The maximum atomic E-state index is 13.1. The first-order valence-corrected chi connectivity index (χ1v) is 10.7. The molecule has 2 N–H and O–H groups in total. The molecular weight excluding hydrogens is 344 g/mol. The van der Waals surface area contributed by atoms with Crippen LogP contribution in [-0.4, -0.2) is 41.5 Å². The lowest BCUT2D eigenvalue weighted by atomic mass is 9.77. The number of nitrogens with zero attached hydrogens (tertiary/aromatic N) is 2. The largest absolute Gasteiger partial charge is 0.342 e. The summed E-state index contributed by atoms with van der Waals surface area (Å²) in [5.74, 6) is 1.65. The second kappa shape index (κ2) is 6.91. The molecule has 0 bridgehead atoms. The highest BCUT2D eigenvalue weighted by Crippen LogP contribution is 2.36. The number of benzene rings is 1. The zero-order valence-corrected chi connectivity index (χ0v) is 15.8. The third kappa shape index (κ3) is 2.94. The van der Waals surface area contributed by atoms with Crippen molar-refractivity contribution in [2.75, 3.05) is 19.6 Å². The number of rotatable bonds is 2. The fourth-order valence-corrected chi connectivity index (χ4v) is 6.10. The van der Waals surface area contributed by atoms with Crippen LogP contribution in [0.1, 0.15) is 43.0 Å². The summed E-state index contributed by atoms with van der Waals surface area (Å²) in [6.45, 7) is 2.76. The van der Waals surface area contributed by atoms with Gasteiger partial charge in [-0.25, -0.2) is 4.98 Å². The number of carbonyl (C=O) groups excluding carboxylic acids is 1. The van der Waals surface area contributed by atoms with Gasteiger partial charge >= 0.3 is 0 Å². The Hall–Kier alpha value is -1.50. The van der Waals surface area contributed by atoms with Crippen LogP contribution in [0.15, 0.2) is 24.3 Å². The summed E-state index contributed by atoms with van der Waals surface area (Å²) in [7, 11) is 0. The van der Waals surface area contributed by atoms with Crippen molar-refractivity contribution in [3.05, 3.63) is 29.3 Å². The van der Waals surface area contributed by atoms with Crippen molar-refractivity contribution in [2.45, 2.75) is 44.1 Å². The van der Waals surface area contributed by atoms with Gasteiger partial charge in [-0.05, 0) is 43.7 Å². The van der Waals surface area contributed by atoms with Gasteiger partial charge in [0.2, 0.25) is 5.91 Å². The second-order valence-corrected chi connectivity index (χ2v) is 9.03. The zero-order chi connectivity index (χ0) is 17.5. The first-order chi connectivity index (χ1) is 12.8. The Morgan fingerprint density at radius 2 is 2.00 bits per heavy atom. The van der Waals surface area contributed by atoms with E-state index in [2.05, 4.69) is 40.0 Å². The zero-order valence-electron chi connectivity index (χ0n) is 15.0. The van der Waals surface area contributed by atoms with E-state index in [4.69, 9.17) is 4.98 Å². The molecular formula is C20H26N4OS. The van der Waals surface area contributed by atoms with E-state index in [1.165, 1.54) is 22.5 Å². The highest BCUT2D eigenvalue weighted by atomic mass is 32.1. The molecule has 0 radical (unpaired) electrons. The number of likely N-dealkylation sites (tertiary alicyclic amines) is 1. The van der Waals surface area contributed by atoms with Crippen LogP contribution in [-0.2, 0) is 4.79 Å². The van der Waals surface area contributed by atoms with E-state index in [0.29, 0.717) is 23.8 Å². The summed E-state index contributed by atoms with van der Waals surface area (Å²) < 4.78 is 1.27. The molecule has 1 aromatic carbocycles. The molecule has 26 heavy (non-hydrogen) atoms. The molecule has 3 atom stereocenters. The standard InChI is InChI=1S/C20H26N4OS/c25-20(15-5-3-4-14-12-21-23-18(14)15)24-10-8-13(9-11-24)19-22-16-6-1-2-7-17(16)26-19/h1-2,6-7,13-15,18,21,23H,3-5,8-12H2. The van der Waals surface area contributed by atoms with Gasteiger partial charge in [-0.1, -0.05) is 18.6 Å². The smallest absolute Gasteiger partial charge is 0.227 e. The lowest BCUT2D eigenvalue weighted by Crippen LogP contribution is -2.50. The number of aromatic nitrogens is 1. The molecule has 2 aromatic rings. The second-order valence-electron chi connectivity index (χ2n) is 7.97. The van der Waals surface area contributed by atoms with E-state index >= 15 is 0 Å². The van der Waals surface area contributed by atoms with Gasteiger partial charge in [-0.15, -0.1) is 11.3 Å². The number of piperidine rings is 1. The van der Waals surface area contributed by atoms with Crippen molar-refractivity contribution in [2.24, 2.45) is 11.8 Å². The van der Waals surface area contributed by atoms with E-state index < -0.39 is 0 Å². The minimum Gasteiger partial charge on any atom is -0.342 e. The van der Waals surface area contributed by atoms with Gasteiger partial charge in [-0.3, -0.25) is 15.6 Å². The van der Waals surface area contributed by atoms with Gasteiger partial charge in [-0.2, -0.15) is 0 Å². The van der Waals surface area contributed by atoms with E-state index in [1.807, 2.05) is 11.3 Å². The van der Waals surface area contributed by atoms with Crippen LogP contribution in [0.2, 0.25) is 0 Å². The van der Waals surface area contributed by atoms with Crippen LogP contribution in [0.3, 0.4) is 0 Å². The van der Waals surface area contributed by atoms with Crippen LogP contribution in [0.4, 0.5) is 0 Å². The van der Waals surface area contributed by atoms with Crippen molar-refractivity contribution in [1.82, 2.24) is 20.7 Å². The molecule has 5 rings (SSSR count). The van der Waals surface area contributed by atoms with Crippen molar-refractivity contribution in [3.8, 4) is 0 Å². The Labute approximate surface area is 158 Å². The number of thiazole rings is 1. The van der Waals surface area contributed by atoms with Crippen LogP contribution in [0, 0.1) is 11.8 Å². The number of hydrogen-bond donors (Lipinski definition) is 2. The molecule has 3 fully saturated rings. The Bertz CT molecular complexity index is 765. The van der Waals surface area contributed by atoms with Crippen LogP contribution >= 0.6 is 11.3 Å². The quantitative estimate of drug-likeness (QED) is 0.853. The molecule has 1 aliphatic carbocycles. The number of hydrogen-bond acceptors (Lipinski definition) is 5. The van der Waals surface area contributed by atoms with Gasteiger partial charge in [0.05, 0.1) is 21.1 Å². The first kappa shape index (κ1) is 16.7. The van der Waals surface area contributed by atoms with Crippen molar-refractivity contribution in [1.29, 1.82) is 0 Å². The molecule has 2 aliphatic heterocycles.